The third kappa shape index (κ3) is 7.51. The van der Waals surface area contributed by atoms with Crippen molar-refractivity contribution in [3.8, 4) is 5.75 Å². The van der Waals surface area contributed by atoms with Gasteiger partial charge in [0.15, 0.2) is 23.6 Å². The molecule has 11 atom stereocenters. The van der Waals surface area contributed by atoms with Gasteiger partial charge in [-0.1, -0.05) is 72.8 Å². The van der Waals surface area contributed by atoms with Crippen molar-refractivity contribution in [1.82, 2.24) is 10.6 Å². The Bertz CT molecular complexity index is 2370. The Morgan fingerprint density at radius 3 is 2.13 bits per heavy atom. The van der Waals surface area contributed by atoms with E-state index < -0.39 is 100 Å². The molecular formula is C48H52N2O13. The molecule has 7 rings (SSSR count). The molecule has 0 radical (unpaired) electrons. The number of ketones is 1. The summed E-state index contributed by atoms with van der Waals surface area (Å²) >= 11 is 0. The number of hydrogen-bond acceptors (Lipinski definition) is 13. The smallest absolute Gasteiger partial charge is 0.342 e. The second-order valence-electron chi connectivity index (χ2n) is 17.0. The average molecular weight is 865 g/mol. The molecule has 1 saturated heterocycles. The van der Waals surface area contributed by atoms with E-state index in [0.717, 1.165) is 6.92 Å². The van der Waals surface area contributed by atoms with E-state index in [1.807, 2.05) is 0 Å². The van der Waals surface area contributed by atoms with Gasteiger partial charge >= 0.3 is 17.9 Å². The molecule has 3 aromatic rings. The molecule has 2 amide bonds. The maximum atomic E-state index is 15.5. The maximum absolute atomic E-state index is 15.5. The summed E-state index contributed by atoms with van der Waals surface area (Å²) in [6, 6.07) is 20.8. The van der Waals surface area contributed by atoms with Crippen LogP contribution in [-0.2, 0) is 38.1 Å². The summed E-state index contributed by atoms with van der Waals surface area (Å²) in [6.07, 6.45) is -7.87. The second-order valence-corrected chi connectivity index (χ2v) is 17.0. The number of carbonyl (C=O) groups is 6. The lowest BCUT2D eigenvalue weighted by Gasteiger charge is -2.63. The summed E-state index contributed by atoms with van der Waals surface area (Å²) in [6.45, 7) is 11.2. The van der Waals surface area contributed by atoms with Crippen LogP contribution in [-0.4, -0.2) is 102 Å². The molecule has 4 aliphatic rings. The van der Waals surface area contributed by atoms with Crippen molar-refractivity contribution >= 4 is 35.5 Å². The molecule has 0 unspecified atom stereocenters. The van der Waals surface area contributed by atoms with Crippen LogP contribution in [0.5, 0.6) is 5.75 Å². The van der Waals surface area contributed by atoms with Crippen molar-refractivity contribution in [2.75, 3.05) is 13.7 Å². The molecule has 1 aliphatic heterocycles. The van der Waals surface area contributed by atoms with Gasteiger partial charge in [0.2, 0.25) is 0 Å². The molecule has 15 heteroatoms. The van der Waals surface area contributed by atoms with E-state index in [4.69, 9.17) is 23.7 Å². The molecule has 63 heavy (non-hydrogen) atoms. The zero-order chi connectivity index (χ0) is 45.6. The number of hydrogen-bond donors (Lipinski definition) is 4. The monoisotopic (exact) mass is 864 g/mol. The van der Waals surface area contributed by atoms with E-state index in [9.17, 15) is 34.2 Å². The number of benzene rings is 3. The van der Waals surface area contributed by atoms with Crippen LogP contribution in [0.4, 0.5) is 0 Å². The quantitative estimate of drug-likeness (QED) is 0.115. The van der Waals surface area contributed by atoms with Gasteiger partial charge in [-0.15, -0.1) is 0 Å². The number of Topliss-reactive ketones (excluding diaryl/α,β-unsaturated/α-hetero) is 1. The van der Waals surface area contributed by atoms with Crippen molar-refractivity contribution in [2.24, 2.45) is 16.7 Å². The number of amides is 2. The van der Waals surface area contributed by atoms with Gasteiger partial charge in [-0.3, -0.25) is 24.0 Å². The van der Waals surface area contributed by atoms with Crippen LogP contribution in [0.3, 0.4) is 0 Å². The molecule has 3 aromatic carbocycles. The molecule has 3 fully saturated rings. The molecular weight excluding hydrogens is 813 g/mol. The first kappa shape index (κ1) is 44.9. The number of aliphatic hydroxyl groups excluding tert-OH is 2. The molecule has 3 aliphatic carbocycles. The molecule has 15 nitrogen and oxygen atoms in total. The Morgan fingerprint density at radius 1 is 0.905 bits per heavy atom. The summed E-state index contributed by atoms with van der Waals surface area (Å²) in [5.41, 5.74) is -3.73. The molecule has 332 valence electrons. The topological polar surface area (TPSA) is 213 Å². The van der Waals surface area contributed by atoms with Gasteiger partial charge in [0.1, 0.15) is 23.5 Å². The van der Waals surface area contributed by atoms with Crippen LogP contribution in [0.1, 0.15) is 79.8 Å². The van der Waals surface area contributed by atoms with Crippen LogP contribution in [0.2, 0.25) is 0 Å². The minimum absolute atomic E-state index is 0.0164. The highest BCUT2D eigenvalue weighted by Gasteiger charge is 2.78. The Balaban J connectivity index is 1.39. The first-order valence-corrected chi connectivity index (χ1v) is 20.7. The van der Waals surface area contributed by atoms with Crippen molar-refractivity contribution in [1.29, 1.82) is 0 Å². The Hall–Kier alpha value is -6.16. The van der Waals surface area contributed by atoms with Crippen LogP contribution in [0.15, 0.2) is 108 Å². The minimum atomic E-state index is -1.92. The van der Waals surface area contributed by atoms with Gasteiger partial charge in [-0.25, -0.2) is 4.79 Å². The molecule has 0 spiro atoms. The lowest BCUT2D eigenvalue weighted by atomic mass is 9.50. The van der Waals surface area contributed by atoms with Gasteiger partial charge in [0.25, 0.3) is 11.8 Å². The fourth-order valence-electron chi connectivity index (χ4n) is 10.4. The highest BCUT2D eigenvalue weighted by Crippen LogP contribution is 2.66. The van der Waals surface area contributed by atoms with Gasteiger partial charge in [0.05, 0.1) is 48.7 Å². The highest BCUT2D eigenvalue weighted by molar-refractivity contribution is 5.97. The number of carbonyl (C=O) groups excluding carboxylic acids is 6. The Kier molecular flexibility index (Phi) is 12.2. The Morgan fingerprint density at radius 2 is 1.54 bits per heavy atom. The number of rotatable bonds is 12. The zero-order valence-electron chi connectivity index (χ0n) is 35.9. The number of methoxy groups -OCH3 is 1. The van der Waals surface area contributed by atoms with Crippen LogP contribution < -0.4 is 15.4 Å². The third-order valence-corrected chi connectivity index (χ3v) is 13.5. The van der Waals surface area contributed by atoms with Gasteiger partial charge in [-0.2, -0.15) is 0 Å². The van der Waals surface area contributed by atoms with Crippen LogP contribution >= 0.6 is 0 Å². The van der Waals surface area contributed by atoms with Crippen molar-refractivity contribution in [3.63, 3.8) is 0 Å². The van der Waals surface area contributed by atoms with E-state index >= 15 is 4.79 Å². The third-order valence-electron chi connectivity index (χ3n) is 13.5. The number of ether oxygens (including phenoxy) is 5. The maximum Gasteiger partial charge on any atom is 0.342 e. The van der Waals surface area contributed by atoms with Gasteiger partial charge < -0.3 is 44.5 Å². The predicted octanol–water partition coefficient (Wildman–Crippen LogP) is 4.12. The first-order chi connectivity index (χ1) is 29.9. The standard InChI is InChI=1S/C48H52N2O13/c1-25(2)47-23-32(49-44(57)38(54)37(29-16-10-8-11-17-29)50-43(56)30-18-12-9-13-19-30)26(3)36(47)39(61-27(4)51)41(55)46(6)34(53)22-35-48(24-60-35,63-28(5)52)40(46)42(47)62-45(58)31-20-14-15-21-33(31)59-7/h8-21,32,34-35,37-40,42,53-54H,1,22-24H2,2-7H3,(H,49,57)(H,50,56)/t32-,34-,35+,37-,38+,39+,40-,42-,46+,47-,48-/m0/s1. The molecule has 0 bridgehead atoms. The van der Waals surface area contributed by atoms with E-state index in [2.05, 4.69) is 17.2 Å². The fraction of sp³-hybridized carbons (Fsp3) is 0.417. The van der Waals surface area contributed by atoms with E-state index in [1.54, 1.807) is 92.7 Å². The number of nitrogens with one attached hydrogen (secondary N) is 2. The minimum Gasteiger partial charge on any atom is -0.496 e. The first-order valence-electron chi connectivity index (χ1n) is 20.7. The van der Waals surface area contributed by atoms with Crippen LogP contribution in [0.25, 0.3) is 0 Å². The fourth-order valence-corrected chi connectivity index (χ4v) is 10.4. The van der Waals surface area contributed by atoms with E-state index in [1.165, 1.54) is 27.0 Å². The number of para-hydroxylation sites is 1. The number of fused-ring (bicyclic) bond motifs is 4. The summed E-state index contributed by atoms with van der Waals surface area (Å²) in [5, 5.41) is 29.7. The van der Waals surface area contributed by atoms with Gasteiger partial charge in [-0.05, 0) is 68.2 Å². The summed E-state index contributed by atoms with van der Waals surface area (Å²) in [4.78, 5) is 84.2. The summed E-state index contributed by atoms with van der Waals surface area (Å²) < 4.78 is 30.3. The number of esters is 3. The number of aliphatic hydroxyl groups is 2. The Labute approximate surface area is 364 Å². The molecule has 0 aromatic heterocycles. The zero-order valence-corrected chi connectivity index (χ0v) is 35.9. The summed E-state index contributed by atoms with van der Waals surface area (Å²) in [5.74, 6) is -5.87. The largest absolute Gasteiger partial charge is 0.496 e. The summed E-state index contributed by atoms with van der Waals surface area (Å²) in [7, 11) is 1.38. The van der Waals surface area contributed by atoms with Crippen LogP contribution in [0, 0.1) is 16.7 Å². The normalized spacial score (nSPS) is 30.4. The average Bonchev–Trinajstić information content (AvgIpc) is 3.52. The SMILES string of the molecule is C=C(C)[C@@]12C[C@H](NC(=O)[C@H](O)[C@@H](NC(=O)c3ccccc3)c3ccccc3)C(C)=C1[C@@H](OC(C)=O)C(=O)[C@@]1(C)[C@H]([C@@H]2OC(=O)c2ccccc2OC)[C@]2(OC(C)=O)CO[C@@H]2C[C@@H]1O. The van der Waals surface area contributed by atoms with Crippen molar-refractivity contribution < 1.29 is 62.7 Å². The van der Waals surface area contributed by atoms with E-state index in [-0.39, 0.29) is 36.3 Å². The second kappa shape index (κ2) is 17.2. The molecule has 2 saturated carbocycles. The van der Waals surface area contributed by atoms with Crippen molar-refractivity contribution in [2.45, 2.75) is 95.7 Å². The molecule has 4 N–H and O–H groups in total. The van der Waals surface area contributed by atoms with E-state index in [0.29, 0.717) is 22.3 Å². The predicted molar refractivity (Wildman–Crippen MR) is 225 cm³/mol. The van der Waals surface area contributed by atoms with Crippen molar-refractivity contribution in [3.05, 3.63) is 125 Å². The lowest BCUT2D eigenvalue weighted by Crippen LogP contribution is -2.77. The lowest BCUT2D eigenvalue weighted by molar-refractivity contribution is -0.332. The highest BCUT2D eigenvalue weighted by atomic mass is 16.6. The molecule has 1 heterocycles. The van der Waals surface area contributed by atoms with Gasteiger partial charge in [0, 0.05) is 25.8 Å².